The SMILES string of the molecule is CC1CCN(C(=O)CN2CCN(S(=O)(=O)N3CCOCC3)CC2)CC1. The van der Waals surface area contributed by atoms with E-state index in [0.717, 1.165) is 25.9 Å². The summed E-state index contributed by atoms with van der Waals surface area (Å²) in [5.41, 5.74) is 0. The van der Waals surface area contributed by atoms with Gasteiger partial charge in [0, 0.05) is 52.4 Å². The van der Waals surface area contributed by atoms with Crippen molar-refractivity contribution in [3.05, 3.63) is 0 Å². The number of morpholine rings is 1. The molecule has 0 unspecified atom stereocenters. The van der Waals surface area contributed by atoms with Crippen LogP contribution in [0, 0.1) is 5.92 Å². The predicted octanol–water partition coefficient (Wildman–Crippen LogP) is -0.560. The molecule has 3 aliphatic rings. The van der Waals surface area contributed by atoms with Crippen molar-refractivity contribution < 1.29 is 17.9 Å². The molecule has 0 radical (unpaired) electrons. The molecule has 3 saturated heterocycles. The highest BCUT2D eigenvalue weighted by atomic mass is 32.2. The van der Waals surface area contributed by atoms with Crippen molar-refractivity contribution in [3.63, 3.8) is 0 Å². The Balaban J connectivity index is 1.46. The second-order valence-electron chi connectivity index (χ2n) is 7.26. The maximum absolute atomic E-state index is 12.7. The molecule has 0 aromatic heterocycles. The first-order valence-electron chi connectivity index (χ1n) is 9.30. The van der Waals surface area contributed by atoms with Crippen LogP contribution in [0.15, 0.2) is 0 Å². The predicted molar refractivity (Wildman–Crippen MR) is 94.3 cm³/mol. The third-order valence-corrected chi connectivity index (χ3v) is 7.48. The van der Waals surface area contributed by atoms with Crippen molar-refractivity contribution in [1.82, 2.24) is 18.4 Å². The Morgan fingerprint density at radius 1 is 0.920 bits per heavy atom. The van der Waals surface area contributed by atoms with Crippen molar-refractivity contribution in [2.75, 3.05) is 72.1 Å². The molecule has 144 valence electrons. The number of nitrogens with zero attached hydrogens (tertiary/aromatic N) is 4. The zero-order valence-corrected chi connectivity index (χ0v) is 15.9. The summed E-state index contributed by atoms with van der Waals surface area (Å²) in [6, 6.07) is 0. The molecule has 0 aliphatic carbocycles. The average Bonchev–Trinajstić information content (AvgIpc) is 2.63. The van der Waals surface area contributed by atoms with Crippen molar-refractivity contribution in [3.8, 4) is 0 Å². The van der Waals surface area contributed by atoms with Crippen LogP contribution in [0.25, 0.3) is 0 Å². The smallest absolute Gasteiger partial charge is 0.282 e. The van der Waals surface area contributed by atoms with E-state index < -0.39 is 10.2 Å². The molecule has 0 atom stereocenters. The summed E-state index contributed by atoms with van der Waals surface area (Å²) in [4.78, 5) is 16.5. The number of hydrogen-bond acceptors (Lipinski definition) is 5. The van der Waals surface area contributed by atoms with Crippen molar-refractivity contribution in [1.29, 1.82) is 0 Å². The Morgan fingerprint density at radius 3 is 2.08 bits per heavy atom. The van der Waals surface area contributed by atoms with E-state index >= 15 is 0 Å². The Labute approximate surface area is 150 Å². The summed E-state index contributed by atoms with van der Waals surface area (Å²) in [5.74, 6) is 0.884. The average molecular weight is 375 g/mol. The zero-order valence-electron chi connectivity index (χ0n) is 15.1. The van der Waals surface area contributed by atoms with Gasteiger partial charge in [0.15, 0.2) is 0 Å². The van der Waals surface area contributed by atoms with Gasteiger partial charge in [-0.25, -0.2) is 0 Å². The van der Waals surface area contributed by atoms with Gasteiger partial charge in [-0.2, -0.15) is 17.0 Å². The summed E-state index contributed by atoms with van der Waals surface area (Å²) in [7, 11) is -3.40. The topological polar surface area (TPSA) is 73.4 Å². The minimum Gasteiger partial charge on any atom is -0.379 e. The van der Waals surface area contributed by atoms with Crippen LogP contribution in [0.2, 0.25) is 0 Å². The van der Waals surface area contributed by atoms with Crippen LogP contribution >= 0.6 is 0 Å². The van der Waals surface area contributed by atoms with Gasteiger partial charge < -0.3 is 9.64 Å². The molecule has 3 fully saturated rings. The number of carbonyl (C=O) groups excluding carboxylic acids is 1. The molecule has 3 aliphatic heterocycles. The molecule has 0 saturated carbocycles. The lowest BCUT2D eigenvalue weighted by Gasteiger charge is -2.38. The Kier molecular flexibility index (Phi) is 6.32. The van der Waals surface area contributed by atoms with Crippen molar-refractivity contribution in [2.24, 2.45) is 5.92 Å². The zero-order chi connectivity index (χ0) is 17.9. The summed E-state index contributed by atoms with van der Waals surface area (Å²) in [6.45, 7) is 8.23. The molecule has 1 amide bonds. The maximum atomic E-state index is 12.7. The van der Waals surface area contributed by atoms with E-state index in [-0.39, 0.29) is 5.91 Å². The van der Waals surface area contributed by atoms with Gasteiger partial charge in [0.05, 0.1) is 19.8 Å². The number of piperidine rings is 1. The van der Waals surface area contributed by atoms with E-state index in [0.29, 0.717) is 64.9 Å². The highest BCUT2D eigenvalue weighted by molar-refractivity contribution is 7.86. The van der Waals surface area contributed by atoms with E-state index in [1.807, 2.05) is 4.90 Å². The number of piperazine rings is 1. The van der Waals surface area contributed by atoms with Crippen molar-refractivity contribution >= 4 is 16.1 Å². The Hall–Kier alpha value is -0.740. The second-order valence-corrected chi connectivity index (χ2v) is 9.19. The molecule has 9 heteroatoms. The van der Waals surface area contributed by atoms with E-state index in [9.17, 15) is 13.2 Å². The highest BCUT2D eigenvalue weighted by Gasteiger charge is 2.34. The van der Waals surface area contributed by atoms with Crippen LogP contribution in [0.3, 0.4) is 0 Å². The van der Waals surface area contributed by atoms with Gasteiger partial charge in [0.2, 0.25) is 5.91 Å². The minimum atomic E-state index is -3.40. The summed E-state index contributed by atoms with van der Waals surface area (Å²) < 4.78 is 33.6. The first-order valence-corrected chi connectivity index (χ1v) is 10.7. The van der Waals surface area contributed by atoms with Crippen LogP contribution in [0.1, 0.15) is 19.8 Å². The standard InChI is InChI=1S/C16H30N4O4S/c1-15-2-4-18(5-3-15)16(21)14-17-6-8-19(9-7-17)25(22,23)20-10-12-24-13-11-20/h15H,2-14H2,1H3. The highest BCUT2D eigenvalue weighted by Crippen LogP contribution is 2.17. The second kappa shape index (κ2) is 8.30. The van der Waals surface area contributed by atoms with Gasteiger partial charge in [-0.15, -0.1) is 0 Å². The quantitative estimate of drug-likeness (QED) is 0.660. The molecule has 25 heavy (non-hydrogen) atoms. The van der Waals surface area contributed by atoms with Gasteiger partial charge >= 0.3 is 0 Å². The monoisotopic (exact) mass is 374 g/mol. The molecule has 0 N–H and O–H groups in total. The number of amides is 1. The lowest BCUT2D eigenvalue weighted by atomic mass is 9.99. The van der Waals surface area contributed by atoms with Gasteiger partial charge in [0.25, 0.3) is 10.2 Å². The third-order valence-electron chi connectivity index (χ3n) is 5.45. The molecule has 0 aromatic carbocycles. The van der Waals surface area contributed by atoms with E-state index in [2.05, 4.69) is 11.8 Å². The first kappa shape index (κ1) is 19.0. The number of hydrogen-bond donors (Lipinski definition) is 0. The minimum absolute atomic E-state index is 0.177. The van der Waals surface area contributed by atoms with Crippen LogP contribution < -0.4 is 0 Å². The van der Waals surface area contributed by atoms with Gasteiger partial charge in [-0.3, -0.25) is 9.69 Å². The fourth-order valence-corrected chi connectivity index (χ4v) is 5.17. The lowest BCUT2D eigenvalue weighted by molar-refractivity contribution is -0.134. The Morgan fingerprint density at radius 2 is 1.48 bits per heavy atom. The van der Waals surface area contributed by atoms with E-state index in [4.69, 9.17) is 4.74 Å². The van der Waals surface area contributed by atoms with Crippen LogP contribution in [-0.4, -0.2) is 105 Å². The maximum Gasteiger partial charge on any atom is 0.282 e. The number of carbonyl (C=O) groups is 1. The summed E-state index contributed by atoms with van der Waals surface area (Å²) in [6.07, 6.45) is 2.16. The van der Waals surface area contributed by atoms with E-state index in [1.165, 1.54) is 4.31 Å². The fraction of sp³-hybridized carbons (Fsp3) is 0.938. The Bertz CT molecular complexity index is 548. The first-order chi connectivity index (χ1) is 12.0. The number of likely N-dealkylation sites (tertiary alicyclic amines) is 1. The van der Waals surface area contributed by atoms with Crippen LogP contribution in [-0.2, 0) is 19.7 Å². The molecule has 3 rings (SSSR count). The molecule has 0 spiro atoms. The number of ether oxygens (including phenoxy) is 1. The van der Waals surface area contributed by atoms with Gasteiger partial charge in [-0.05, 0) is 18.8 Å². The fourth-order valence-electron chi connectivity index (χ4n) is 3.61. The molecular weight excluding hydrogens is 344 g/mol. The van der Waals surface area contributed by atoms with Gasteiger partial charge in [0.1, 0.15) is 0 Å². The van der Waals surface area contributed by atoms with Crippen LogP contribution in [0.5, 0.6) is 0 Å². The third kappa shape index (κ3) is 4.71. The molecule has 0 bridgehead atoms. The number of rotatable bonds is 4. The molecular formula is C16H30N4O4S. The largest absolute Gasteiger partial charge is 0.379 e. The molecule has 0 aromatic rings. The van der Waals surface area contributed by atoms with Crippen molar-refractivity contribution in [2.45, 2.75) is 19.8 Å². The van der Waals surface area contributed by atoms with Crippen LogP contribution in [0.4, 0.5) is 0 Å². The van der Waals surface area contributed by atoms with Gasteiger partial charge in [-0.1, -0.05) is 6.92 Å². The molecule has 3 heterocycles. The summed E-state index contributed by atoms with van der Waals surface area (Å²) in [5, 5.41) is 0. The van der Waals surface area contributed by atoms with E-state index in [1.54, 1.807) is 4.31 Å². The molecule has 8 nitrogen and oxygen atoms in total. The summed E-state index contributed by atoms with van der Waals surface area (Å²) >= 11 is 0. The normalized spacial score (nSPS) is 26.0. The lowest BCUT2D eigenvalue weighted by Crippen LogP contribution is -2.56.